The van der Waals surface area contributed by atoms with Crippen LogP contribution < -0.4 is 0 Å². The molecule has 0 saturated heterocycles. The number of ether oxygens (including phenoxy) is 1. The number of halogens is 1. The SMILES string of the molecule is C=C/C=C1/C(=O)c2cc(CSCC(COF)OCC)ccc2C(=O)/C1=C/C. The van der Waals surface area contributed by atoms with E-state index in [4.69, 9.17) is 4.74 Å². The van der Waals surface area contributed by atoms with Gasteiger partial charge in [0.1, 0.15) is 6.61 Å². The molecule has 0 aromatic heterocycles. The molecule has 144 valence electrons. The lowest BCUT2D eigenvalue weighted by Crippen LogP contribution is -2.23. The molecule has 1 aliphatic rings. The summed E-state index contributed by atoms with van der Waals surface area (Å²) in [5.74, 6) is 0.839. The molecule has 0 heterocycles. The molecule has 0 aliphatic heterocycles. The molecule has 2 rings (SSSR count). The van der Waals surface area contributed by atoms with Gasteiger partial charge in [-0.1, -0.05) is 30.9 Å². The van der Waals surface area contributed by atoms with Gasteiger partial charge in [-0.05, 0) is 36.1 Å². The van der Waals surface area contributed by atoms with Crippen molar-refractivity contribution in [3.63, 3.8) is 0 Å². The first kappa shape index (κ1) is 21.3. The number of fused-ring (bicyclic) bond motifs is 1. The predicted molar refractivity (Wildman–Crippen MR) is 106 cm³/mol. The summed E-state index contributed by atoms with van der Waals surface area (Å²) < 4.78 is 17.5. The standard InChI is InChI=1S/C21H23FO4S/c1-4-7-17-16(5-2)20(23)18-9-8-14(10-19(18)21(17)24)12-27-13-15(11-26-22)25-6-3/h4-5,7-10,15H,1,6,11-13H2,2-3H3/b16-5+,17-7+. The number of benzene rings is 1. The van der Waals surface area contributed by atoms with Crippen molar-refractivity contribution in [1.29, 1.82) is 0 Å². The number of thioether (sulfide) groups is 1. The lowest BCUT2D eigenvalue weighted by molar-refractivity contribution is -0.161. The Morgan fingerprint density at radius 1 is 1.22 bits per heavy atom. The van der Waals surface area contributed by atoms with Crippen molar-refractivity contribution in [1.82, 2.24) is 0 Å². The molecule has 27 heavy (non-hydrogen) atoms. The van der Waals surface area contributed by atoms with Crippen LogP contribution in [0.1, 0.15) is 40.1 Å². The summed E-state index contributed by atoms with van der Waals surface area (Å²) in [6.45, 7) is 7.58. The second kappa shape index (κ2) is 10.3. The van der Waals surface area contributed by atoms with Gasteiger partial charge in [-0.3, -0.25) is 9.59 Å². The molecular weight excluding hydrogens is 367 g/mol. The third-order valence-electron chi connectivity index (χ3n) is 4.15. The van der Waals surface area contributed by atoms with Gasteiger partial charge in [-0.25, -0.2) is 0 Å². The van der Waals surface area contributed by atoms with E-state index in [-0.39, 0.29) is 24.3 Å². The zero-order chi connectivity index (χ0) is 19.8. The number of carbonyl (C=O) groups is 2. The Morgan fingerprint density at radius 2 is 1.96 bits per heavy atom. The summed E-state index contributed by atoms with van der Waals surface area (Å²) >= 11 is 1.55. The van der Waals surface area contributed by atoms with Crippen LogP contribution in [0.2, 0.25) is 0 Å². The van der Waals surface area contributed by atoms with Gasteiger partial charge in [-0.15, -0.1) is 0 Å². The Kier molecular flexibility index (Phi) is 8.16. The molecule has 0 saturated carbocycles. The van der Waals surface area contributed by atoms with Gasteiger partial charge in [0.05, 0.1) is 6.10 Å². The van der Waals surface area contributed by atoms with Crippen LogP contribution in [0.15, 0.2) is 54.2 Å². The highest BCUT2D eigenvalue weighted by Crippen LogP contribution is 2.31. The maximum atomic E-state index is 12.8. The third-order valence-corrected chi connectivity index (χ3v) is 5.29. The van der Waals surface area contributed by atoms with E-state index in [0.717, 1.165) is 5.56 Å². The summed E-state index contributed by atoms with van der Waals surface area (Å²) in [4.78, 5) is 29.2. The van der Waals surface area contributed by atoms with Gasteiger partial charge in [0.2, 0.25) is 0 Å². The molecule has 0 fully saturated rings. The Morgan fingerprint density at radius 3 is 2.59 bits per heavy atom. The molecule has 1 aromatic rings. The maximum absolute atomic E-state index is 12.8. The zero-order valence-electron chi connectivity index (χ0n) is 15.5. The zero-order valence-corrected chi connectivity index (χ0v) is 16.3. The summed E-state index contributed by atoms with van der Waals surface area (Å²) in [5, 5.41) is 0. The van der Waals surface area contributed by atoms with Crippen LogP contribution in [-0.2, 0) is 15.4 Å². The Balaban J connectivity index is 2.19. The van der Waals surface area contributed by atoms with Crippen LogP contribution in [0, 0.1) is 0 Å². The smallest absolute Gasteiger partial charge is 0.194 e. The Hall–Kier alpha value is -2.02. The number of allylic oxidation sites excluding steroid dienone is 5. The van der Waals surface area contributed by atoms with Crippen molar-refractivity contribution in [2.24, 2.45) is 0 Å². The highest BCUT2D eigenvalue weighted by atomic mass is 32.2. The fourth-order valence-corrected chi connectivity index (χ4v) is 3.92. The highest BCUT2D eigenvalue weighted by molar-refractivity contribution is 7.98. The van der Waals surface area contributed by atoms with Crippen LogP contribution in [0.3, 0.4) is 0 Å². The van der Waals surface area contributed by atoms with Crippen LogP contribution in [0.4, 0.5) is 4.53 Å². The van der Waals surface area contributed by atoms with Crippen LogP contribution in [0.5, 0.6) is 0 Å². The lowest BCUT2D eigenvalue weighted by atomic mass is 9.81. The summed E-state index contributed by atoms with van der Waals surface area (Å²) in [6, 6.07) is 5.30. The minimum atomic E-state index is -0.329. The minimum Gasteiger partial charge on any atom is -0.375 e. The molecule has 1 aromatic carbocycles. The maximum Gasteiger partial charge on any atom is 0.194 e. The number of rotatable bonds is 9. The Labute approximate surface area is 163 Å². The summed E-state index contributed by atoms with van der Waals surface area (Å²) in [5.41, 5.74) is 2.51. The highest BCUT2D eigenvalue weighted by Gasteiger charge is 2.31. The van der Waals surface area contributed by atoms with Gasteiger partial charge < -0.3 is 4.74 Å². The number of hydrogen-bond acceptors (Lipinski definition) is 5. The fourth-order valence-electron chi connectivity index (χ4n) is 2.93. The average molecular weight is 390 g/mol. The number of hydrogen-bond donors (Lipinski definition) is 0. The van der Waals surface area contributed by atoms with Gasteiger partial charge >= 0.3 is 0 Å². The van der Waals surface area contributed by atoms with E-state index in [1.807, 2.05) is 13.0 Å². The van der Waals surface area contributed by atoms with E-state index in [2.05, 4.69) is 11.5 Å². The van der Waals surface area contributed by atoms with E-state index in [9.17, 15) is 14.1 Å². The first-order valence-electron chi connectivity index (χ1n) is 8.71. The van der Waals surface area contributed by atoms with Gasteiger partial charge in [0.15, 0.2) is 11.6 Å². The van der Waals surface area contributed by atoms with E-state index in [0.29, 0.717) is 40.4 Å². The molecule has 6 heteroatoms. The van der Waals surface area contributed by atoms with Crippen LogP contribution in [0.25, 0.3) is 0 Å². The van der Waals surface area contributed by atoms with E-state index in [1.165, 1.54) is 6.08 Å². The molecule has 0 radical (unpaired) electrons. The predicted octanol–water partition coefficient (Wildman–Crippen LogP) is 4.66. The number of Topliss-reactive ketones (excluding diaryl/α,β-unsaturated/α-hetero) is 2. The van der Waals surface area contributed by atoms with E-state index in [1.54, 1.807) is 43.0 Å². The van der Waals surface area contributed by atoms with Crippen molar-refractivity contribution in [2.45, 2.75) is 25.7 Å². The van der Waals surface area contributed by atoms with E-state index >= 15 is 0 Å². The normalized spacial score (nSPS) is 18.0. The second-order valence-electron chi connectivity index (χ2n) is 5.92. The van der Waals surface area contributed by atoms with E-state index < -0.39 is 0 Å². The number of ketones is 2. The quantitative estimate of drug-likeness (QED) is 0.574. The molecule has 0 bridgehead atoms. The van der Waals surface area contributed by atoms with Gasteiger partial charge in [0, 0.05) is 40.4 Å². The molecule has 0 amide bonds. The largest absolute Gasteiger partial charge is 0.375 e. The van der Waals surface area contributed by atoms with Crippen molar-refractivity contribution < 1.29 is 23.8 Å². The molecule has 1 unspecified atom stereocenters. The molecule has 1 atom stereocenters. The van der Waals surface area contributed by atoms with Crippen LogP contribution in [-0.4, -0.2) is 36.6 Å². The van der Waals surface area contributed by atoms with Crippen molar-refractivity contribution in [3.05, 3.63) is 70.8 Å². The van der Waals surface area contributed by atoms with Crippen molar-refractivity contribution in [3.8, 4) is 0 Å². The Bertz CT molecular complexity index is 776. The lowest BCUT2D eigenvalue weighted by Gasteiger charge is -2.20. The monoisotopic (exact) mass is 390 g/mol. The molecule has 1 aliphatic carbocycles. The average Bonchev–Trinajstić information content (AvgIpc) is 2.66. The fraction of sp³-hybridized carbons (Fsp3) is 0.333. The first-order valence-corrected chi connectivity index (χ1v) is 9.87. The second-order valence-corrected chi connectivity index (χ2v) is 6.96. The third kappa shape index (κ3) is 5.03. The molecule has 4 nitrogen and oxygen atoms in total. The van der Waals surface area contributed by atoms with Gasteiger partial charge in [0.25, 0.3) is 0 Å². The molecular formula is C21H23FO4S. The minimum absolute atomic E-state index is 0.111. The van der Waals surface area contributed by atoms with Crippen molar-refractivity contribution >= 4 is 23.3 Å². The number of carbonyl (C=O) groups excluding carboxylic acids is 2. The summed E-state index contributed by atoms with van der Waals surface area (Å²) in [7, 11) is 0. The van der Waals surface area contributed by atoms with Gasteiger partial charge in [-0.2, -0.15) is 16.7 Å². The van der Waals surface area contributed by atoms with Crippen LogP contribution >= 0.6 is 11.8 Å². The van der Waals surface area contributed by atoms with Crippen molar-refractivity contribution in [2.75, 3.05) is 19.0 Å². The molecule has 0 spiro atoms. The molecule has 0 N–H and O–H groups in total. The first-order chi connectivity index (χ1) is 13.1. The topological polar surface area (TPSA) is 52.6 Å². The summed E-state index contributed by atoms with van der Waals surface area (Å²) in [6.07, 6.45) is 4.41.